The summed E-state index contributed by atoms with van der Waals surface area (Å²) in [5, 5.41) is 33.9. The van der Waals surface area contributed by atoms with Crippen LogP contribution in [0.2, 0.25) is 0 Å². The predicted octanol–water partition coefficient (Wildman–Crippen LogP) is 11.1. The molecule has 0 saturated heterocycles. The molecule has 236 valence electrons. The summed E-state index contributed by atoms with van der Waals surface area (Å²) in [6.07, 6.45) is 0. The predicted molar refractivity (Wildman–Crippen MR) is 205 cm³/mol. The van der Waals surface area contributed by atoms with Crippen LogP contribution in [0.5, 0.6) is 0 Å². The molecule has 9 rings (SSSR count). The van der Waals surface area contributed by atoms with Gasteiger partial charge in [0.15, 0.2) is 0 Å². The molecule has 0 fully saturated rings. The molecule has 5 heteroatoms. The SMILES string of the molecule is Cc1cc(-n2c3ccccc3c3c(C#N)cccc32)ccc1-c1ccc(-c2cccc(C#N)c2-n2c3ccccc3c3cc(C#N)ccc32)cc1. The zero-order chi connectivity index (χ0) is 34.6. The van der Waals surface area contributed by atoms with Crippen LogP contribution in [0.1, 0.15) is 22.3 Å². The van der Waals surface area contributed by atoms with Crippen LogP contribution in [-0.2, 0) is 0 Å². The molecular formula is C46H27N5. The highest BCUT2D eigenvalue weighted by Gasteiger charge is 2.20. The van der Waals surface area contributed by atoms with E-state index in [1.54, 1.807) is 0 Å². The molecule has 2 aromatic heterocycles. The van der Waals surface area contributed by atoms with E-state index in [4.69, 9.17) is 0 Å². The van der Waals surface area contributed by atoms with E-state index in [-0.39, 0.29) is 0 Å². The number of hydrogen-bond donors (Lipinski definition) is 0. The Morgan fingerprint density at radius 2 is 1.08 bits per heavy atom. The van der Waals surface area contributed by atoms with Crippen LogP contribution in [0.4, 0.5) is 0 Å². The molecule has 0 saturated carbocycles. The maximum Gasteiger partial charge on any atom is 0.101 e. The lowest BCUT2D eigenvalue weighted by Crippen LogP contribution is -2.01. The van der Waals surface area contributed by atoms with Gasteiger partial charge in [-0.1, -0.05) is 84.9 Å². The number of benzene rings is 7. The summed E-state index contributed by atoms with van der Waals surface area (Å²) in [5.74, 6) is 0. The molecule has 9 aromatic rings. The van der Waals surface area contributed by atoms with Gasteiger partial charge in [-0.3, -0.25) is 0 Å². The lowest BCUT2D eigenvalue weighted by Gasteiger charge is -2.16. The summed E-state index contributed by atoms with van der Waals surface area (Å²) in [4.78, 5) is 0. The minimum absolute atomic E-state index is 0.571. The number of rotatable bonds is 4. The van der Waals surface area contributed by atoms with Gasteiger partial charge in [0.1, 0.15) is 6.07 Å². The fraction of sp³-hybridized carbons (Fsp3) is 0.0217. The number of hydrogen-bond acceptors (Lipinski definition) is 3. The first-order valence-corrected chi connectivity index (χ1v) is 16.7. The van der Waals surface area contributed by atoms with Crippen molar-refractivity contribution < 1.29 is 0 Å². The van der Waals surface area contributed by atoms with Crippen molar-refractivity contribution in [1.82, 2.24) is 9.13 Å². The average Bonchev–Trinajstić information content (AvgIpc) is 3.70. The van der Waals surface area contributed by atoms with Gasteiger partial charge in [-0.25, -0.2) is 0 Å². The zero-order valence-electron chi connectivity index (χ0n) is 27.6. The minimum Gasteiger partial charge on any atom is -0.309 e. The standard InChI is InChI=1S/C46H27N5/c1-29-24-35(50-42-14-5-3-11-39(42)45-33(27-48)8-7-15-44(45)50)21-22-36(29)31-17-19-32(20-18-31)37-12-6-9-34(28-49)46(37)51-41-13-4-2-10-38(41)40-25-30(26-47)16-23-43(40)51/h2-25H,1H3. The number of aromatic nitrogens is 2. The van der Waals surface area contributed by atoms with Gasteiger partial charge in [0.05, 0.1) is 56.6 Å². The van der Waals surface area contributed by atoms with Crippen LogP contribution in [0.15, 0.2) is 146 Å². The van der Waals surface area contributed by atoms with Crippen molar-refractivity contribution in [2.75, 3.05) is 0 Å². The van der Waals surface area contributed by atoms with E-state index in [0.717, 1.165) is 82.8 Å². The van der Waals surface area contributed by atoms with Crippen LogP contribution in [0, 0.1) is 40.9 Å². The maximum atomic E-state index is 10.3. The monoisotopic (exact) mass is 649 g/mol. The first kappa shape index (κ1) is 29.7. The molecule has 0 radical (unpaired) electrons. The second-order valence-corrected chi connectivity index (χ2v) is 12.8. The summed E-state index contributed by atoms with van der Waals surface area (Å²) in [6, 6.07) is 56.1. The van der Waals surface area contributed by atoms with E-state index in [9.17, 15) is 15.8 Å². The third kappa shape index (κ3) is 4.53. The van der Waals surface area contributed by atoms with Crippen molar-refractivity contribution >= 4 is 43.6 Å². The quantitative estimate of drug-likeness (QED) is 0.190. The van der Waals surface area contributed by atoms with Crippen LogP contribution < -0.4 is 0 Å². The summed E-state index contributed by atoms with van der Waals surface area (Å²) in [5.41, 5.74) is 13.0. The molecule has 0 bridgehead atoms. The Kier molecular flexibility index (Phi) is 6.78. The number of para-hydroxylation sites is 3. The molecule has 0 aliphatic carbocycles. The largest absolute Gasteiger partial charge is 0.309 e. The van der Waals surface area contributed by atoms with Crippen LogP contribution >= 0.6 is 0 Å². The maximum absolute atomic E-state index is 10.3. The highest BCUT2D eigenvalue weighted by molar-refractivity contribution is 6.12. The van der Waals surface area contributed by atoms with Gasteiger partial charge in [0, 0.05) is 32.8 Å². The summed E-state index contributed by atoms with van der Waals surface area (Å²) >= 11 is 0. The Balaban J connectivity index is 1.15. The number of nitrogens with zero attached hydrogens (tertiary/aromatic N) is 5. The molecule has 0 N–H and O–H groups in total. The normalized spacial score (nSPS) is 11.2. The second kappa shape index (κ2) is 11.6. The van der Waals surface area contributed by atoms with Crippen molar-refractivity contribution in [3.05, 3.63) is 168 Å². The zero-order valence-corrected chi connectivity index (χ0v) is 27.6. The minimum atomic E-state index is 0.571. The highest BCUT2D eigenvalue weighted by atomic mass is 15.0. The van der Waals surface area contributed by atoms with Crippen LogP contribution in [-0.4, -0.2) is 9.13 Å². The molecule has 0 aliphatic rings. The van der Waals surface area contributed by atoms with Crippen molar-refractivity contribution in [2.45, 2.75) is 6.92 Å². The second-order valence-electron chi connectivity index (χ2n) is 12.8. The van der Waals surface area contributed by atoms with Crippen LogP contribution in [0.3, 0.4) is 0 Å². The van der Waals surface area contributed by atoms with E-state index < -0.39 is 0 Å². The number of fused-ring (bicyclic) bond motifs is 6. The van der Waals surface area contributed by atoms with Crippen molar-refractivity contribution in [1.29, 1.82) is 15.8 Å². The fourth-order valence-corrected chi connectivity index (χ4v) is 7.72. The number of aryl methyl sites for hydroxylation is 1. The van der Waals surface area contributed by atoms with Crippen molar-refractivity contribution in [3.63, 3.8) is 0 Å². The van der Waals surface area contributed by atoms with E-state index in [0.29, 0.717) is 16.7 Å². The Labute approximate surface area is 294 Å². The Morgan fingerprint density at radius 3 is 1.80 bits per heavy atom. The average molecular weight is 650 g/mol. The van der Waals surface area contributed by atoms with E-state index in [1.807, 2.05) is 66.7 Å². The molecule has 0 amide bonds. The van der Waals surface area contributed by atoms with Gasteiger partial charge in [0.2, 0.25) is 0 Å². The molecule has 0 spiro atoms. The lowest BCUT2D eigenvalue weighted by molar-refractivity contribution is 1.17. The molecule has 7 aromatic carbocycles. The molecule has 5 nitrogen and oxygen atoms in total. The first-order valence-electron chi connectivity index (χ1n) is 16.7. The topological polar surface area (TPSA) is 81.2 Å². The fourth-order valence-electron chi connectivity index (χ4n) is 7.72. The molecule has 0 unspecified atom stereocenters. The van der Waals surface area contributed by atoms with Gasteiger partial charge in [-0.15, -0.1) is 0 Å². The third-order valence-electron chi connectivity index (χ3n) is 9.97. The van der Waals surface area contributed by atoms with E-state index in [2.05, 4.69) is 113 Å². The molecule has 0 atom stereocenters. The number of nitriles is 3. The van der Waals surface area contributed by atoms with Gasteiger partial charge in [-0.2, -0.15) is 15.8 Å². The van der Waals surface area contributed by atoms with Gasteiger partial charge in [0.25, 0.3) is 0 Å². The summed E-state index contributed by atoms with van der Waals surface area (Å²) in [6.45, 7) is 2.13. The molecule has 51 heavy (non-hydrogen) atoms. The molecule has 0 aliphatic heterocycles. The molecular weight excluding hydrogens is 623 g/mol. The molecule has 2 heterocycles. The summed E-state index contributed by atoms with van der Waals surface area (Å²) < 4.78 is 4.40. The van der Waals surface area contributed by atoms with Crippen molar-refractivity contribution in [3.8, 4) is 51.8 Å². The third-order valence-corrected chi connectivity index (χ3v) is 9.97. The van der Waals surface area contributed by atoms with Gasteiger partial charge >= 0.3 is 0 Å². The van der Waals surface area contributed by atoms with E-state index >= 15 is 0 Å². The Morgan fingerprint density at radius 1 is 0.451 bits per heavy atom. The summed E-state index contributed by atoms with van der Waals surface area (Å²) in [7, 11) is 0. The van der Waals surface area contributed by atoms with E-state index in [1.165, 1.54) is 0 Å². The van der Waals surface area contributed by atoms with Gasteiger partial charge < -0.3 is 9.13 Å². The highest BCUT2D eigenvalue weighted by Crippen LogP contribution is 2.39. The lowest BCUT2D eigenvalue weighted by atomic mass is 9.95. The Bertz CT molecular complexity index is 3010. The Hall–Kier alpha value is -7.39. The smallest absolute Gasteiger partial charge is 0.101 e. The van der Waals surface area contributed by atoms with Gasteiger partial charge in [-0.05, 0) is 89.8 Å². The van der Waals surface area contributed by atoms with Crippen molar-refractivity contribution in [2.24, 2.45) is 0 Å². The first-order chi connectivity index (χ1) is 25.1. The van der Waals surface area contributed by atoms with Crippen LogP contribution in [0.25, 0.3) is 77.2 Å².